The Labute approximate surface area is 248 Å². The van der Waals surface area contributed by atoms with Crippen LogP contribution in [0.2, 0.25) is 0 Å². The van der Waals surface area contributed by atoms with Gasteiger partial charge in [-0.25, -0.2) is 0 Å². The maximum atomic E-state index is 11.9. The zero-order valence-electron chi connectivity index (χ0n) is 23.2. The van der Waals surface area contributed by atoms with Crippen molar-refractivity contribution in [2.45, 2.75) is 103 Å². The van der Waals surface area contributed by atoms with Crippen LogP contribution in [-0.4, -0.2) is 36.0 Å². The number of aliphatic hydroxyl groups is 2. The number of hydrogen-bond donors (Lipinski definition) is 2. The Morgan fingerprint density at radius 3 is 1.39 bits per heavy atom. The Bertz CT molecular complexity index is 537. The first kappa shape index (κ1) is 38.0. The fourth-order valence-corrected chi connectivity index (χ4v) is 5.47. The van der Waals surface area contributed by atoms with E-state index in [4.69, 9.17) is 22.7 Å². The van der Waals surface area contributed by atoms with E-state index >= 15 is 0 Å². The van der Waals surface area contributed by atoms with Gasteiger partial charge in [-0.05, 0) is 30.6 Å². The normalized spacial score (nSPS) is 27.8. The van der Waals surface area contributed by atoms with Gasteiger partial charge in [-0.1, -0.05) is 64.2 Å². The van der Waals surface area contributed by atoms with Crippen molar-refractivity contribution < 1.29 is 58.8 Å². The number of esters is 1. The monoisotopic (exact) mass is 626 g/mol. The number of carbonyl (C=O) groups is 1. The molecule has 8 heteroatoms. The molecule has 0 bridgehead atoms. The summed E-state index contributed by atoms with van der Waals surface area (Å²) in [6.45, 7) is 9.50. The summed E-state index contributed by atoms with van der Waals surface area (Å²) in [5, 5.41) is 17.4. The van der Waals surface area contributed by atoms with Crippen molar-refractivity contribution in [3.05, 3.63) is 26.7 Å². The van der Waals surface area contributed by atoms with Crippen LogP contribution in [0, 0.1) is 62.2 Å². The van der Waals surface area contributed by atoms with E-state index in [1.807, 2.05) is 0 Å². The van der Waals surface area contributed by atoms with Crippen LogP contribution in [0.4, 0.5) is 0 Å². The van der Waals surface area contributed by atoms with Gasteiger partial charge in [-0.3, -0.25) is 4.79 Å². The zero-order valence-corrected chi connectivity index (χ0v) is 25.2. The van der Waals surface area contributed by atoms with Gasteiger partial charge in [-0.15, -0.1) is 0 Å². The molecule has 0 aromatic carbocycles. The van der Waals surface area contributed by atoms with E-state index in [0.29, 0.717) is 49.4 Å². The van der Waals surface area contributed by atoms with Gasteiger partial charge < -0.3 is 41.6 Å². The third-order valence-electron chi connectivity index (χ3n) is 8.24. The van der Waals surface area contributed by atoms with Gasteiger partial charge in [0.1, 0.15) is 0 Å². The second-order valence-electron chi connectivity index (χ2n) is 11.2. The van der Waals surface area contributed by atoms with E-state index in [-0.39, 0.29) is 11.9 Å². The molecule has 0 spiro atoms. The van der Waals surface area contributed by atoms with Crippen LogP contribution < -0.4 is 0 Å². The predicted molar refractivity (Wildman–Crippen MR) is 141 cm³/mol. The van der Waals surface area contributed by atoms with Gasteiger partial charge in [-0.2, -0.15) is 37.5 Å². The van der Waals surface area contributed by atoms with Gasteiger partial charge in [0.25, 0.3) is 0 Å². The van der Waals surface area contributed by atoms with Crippen LogP contribution in [-0.2, 0) is 48.6 Å². The molecule has 0 radical (unpaired) electrons. The summed E-state index contributed by atoms with van der Waals surface area (Å²) in [5.74, 6) is 3.29. The second kappa shape index (κ2) is 25.9. The molecule has 0 atom stereocenters. The first-order valence-electron chi connectivity index (χ1n) is 14.5. The molecule has 0 amide bonds. The van der Waals surface area contributed by atoms with Crippen molar-refractivity contribution in [3.63, 3.8) is 0 Å². The topological polar surface area (TPSA) is 101 Å². The standard InChI is InChI=1S/C15H24O2.C8H15O.C7H13O.2Co.2O/c1-12-7-9-13(10-8-12)11-17-15(16)14-5-3-2-4-6-14;1-7-2-4-8(6-9)5-3-7;8-6-7-4-2-1-3-5-7;;;;/h2,12-14H,1,3-11H2;7-9H,1-6H2;1,7-8H,2-6H2;;;;/q-2;2*-1;;;;. The number of hydrogen-bond acceptors (Lipinski definition) is 6. The summed E-state index contributed by atoms with van der Waals surface area (Å²) in [6, 6.07) is 0. The van der Waals surface area contributed by atoms with Gasteiger partial charge in [0.2, 0.25) is 0 Å². The molecule has 0 saturated heterocycles. The van der Waals surface area contributed by atoms with E-state index in [0.717, 1.165) is 25.7 Å². The molecule has 0 heterocycles. The average molecular weight is 627 g/mol. The van der Waals surface area contributed by atoms with E-state index in [1.54, 1.807) is 0 Å². The van der Waals surface area contributed by atoms with Crippen molar-refractivity contribution >= 4 is 5.97 Å². The summed E-state index contributed by atoms with van der Waals surface area (Å²) in [6.07, 6.45) is 23.1. The SMILES string of the molecule is OCC1CC[CH-]CC1.[CH2-]C1CCC(CO)CC1.[CH2-]C1CCC(COC(=O)C2CC[CH-]CC2)CC1.[O]=[Co].[O]=[Co]. The molecule has 38 heavy (non-hydrogen) atoms. The molecule has 0 unspecified atom stereocenters. The Hall–Kier alpha value is 0.00299. The van der Waals surface area contributed by atoms with E-state index in [1.165, 1.54) is 77.0 Å². The van der Waals surface area contributed by atoms with E-state index in [9.17, 15) is 4.79 Å². The quantitative estimate of drug-likeness (QED) is 0.274. The number of rotatable bonds is 5. The Morgan fingerprint density at radius 2 is 1.00 bits per heavy atom. The minimum absolute atomic E-state index is 0.0508. The second-order valence-corrected chi connectivity index (χ2v) is 11.2. The molecular formula is C30H52Co2O6-4. The molecule has 4 fully saturated rings. The van der Waals surface area contributed by atoms with Crippen molar-refractivity contribution in [2.24, 2.45) is 35.5 Å². The molecule has 230 valence electrons. The molecule has 6 nitrogen and oxygen atoms in total. The molecule has 4 saturated carbocycles. The first-order valence-corrected chi connectivity index (χ1v) is 15.3. The van der Waals surface area contributed by atoms with Gasteiger partial charge in [0.05, 0.1) is 12.5 Å². The summed E-state index contributed by atoms with van der Waals surface area (Å²) in [5.41, 5.74) is 0. The molecule has 0 aromatic rings. The van der Waals surface area contributed by atoms with Crippen molar-refractivity contribution in [1.82, 2.24) is 0 Å². The fraction of sp³-hybridized carbons (Fsp3) is 0.833. The van der Waals surface area contributed by atoms with Gasteiger partial charge in [0.15, 0.2) is 0 Å². The number of aliphatic hydroxyl groups excluding tert-OH is 2. The third-order valence-corrected chi connectivity index (χ3v) is 8.24. The van der Waals surface area contributed by atoms with Crippen LogP contribution in [0.3, 0.4) is 0 Å². The minimum atomic E-state index is 0.0508. The Balaban J connectivity index is 0.000000551. The predicted octanol–water partition coefficient (Wildman–Crippen LogP) is 6.31. The molecule has 0 aliphatic heterocycles. The van der Waals surface area contributed by atoms with Crippen molar-refractivity contribution in [2.75, 3.05) is 19.8 Å². The van der Waals surface area contributed by atoms with Gasteiger partial charge >= 0.3 is 45.0 Å². The Morgan fingerprint density at radius 1 is 0.632 bits per heavy atom. The maximum absolute atomic E-state index is 11.9. The van der Waals surface area contributed by atoms with Crippen LogP contribution in [0.25, 0.3) is 0 Å². The molecule has 4 aliphatic rings. The molecule has 2 N–H and O–H groups in total. The zero-order chi connectivity index (χ0) is 28.6. The van der Waals surface area contributed by atoms with Crippen molar-refractivity contribution in [3.8, 4) is 0 Å². The van der Waals surface area contributed by atoms with Crippen LogP contribution in [0.15, 0.2) is 0 Å². The number of carbonyl (C=O) groups excluding carboxylic acids is 1. The molecule has 4 rings (SSSR count). The Kier molecular flexibility index (Phi) is 25.9. The molecule has 4 aliphatic carbocycles. The van der Waals surface area contributed by atoms with E-state index < -0.39 is 0 Å². The molecular weight excluding hydrogens is 574 g/mol. The summed E-state index contributed by atoms with van der Waals surface area (Å²) >= 11 is 4.62. The van der Waals surface area contributed by atoms with Crippen LogP contribution in [0.1, 0.15) is 103 Å². The third kappa shape index (κ3) is 18.4. The first-order chi connectivity index (χ1) is 18.5. The summed E-state index contributed by atoms with van der Waals surface area (Å²) in [7, 11) is 0. The number of ether oxygens (including phenoxy) is 1. The average Bonchev–Trinajstić information content (AvgIpc) is 3.00. The van der Waals surface area contributed by atoms with Crippen LogP contribution in [0.5, 0.6) is 0 Å². The summed E-state index contributed by atoms with van der Waals surface area (Å²) < 4.78 is 21.4. The van der Waals surface area contributed by atoms with Gasteiger partial charge in [0, 0.05) is 13.2 Å². The summed E-state index contributed by atoms with van der Waals surface area (Å²) in [4.78, 5) is 11.9. The fourth-order valence-electron chi connectivity index (χ4n) is 5.47. The van der Waals surface area contributed by atoms with Crippen molar-refractivity contribution in [1.29, 1.82) is 0 Å². The molecule has 0 aromatic heterocycles. The van der Waals surface area contributed by atoms with Crippen LogP contribution >= 0.6 is 0 Å². The van der Waals surface area contributed by atoms with E-state index in [2.05, 4.69) is 58.0 Å².